The number of halogens is 1. The molecule has 2 heterocycles. The summed E-state index contributed by atoms with van der Waals surface area (Å²) in [5.41, 5.74) is 5.15. The number of hydrogen-bond donors (Lipinski definition) is 2. The second kappa shape index (κ2) is 7.25. The summed E-state index contributed by atoms with van der Waals surface area (Å²) in [6.07, 6.45) is 3.38. The van der Waals surface area contributed by atoms with Gasteiger partial charge in [-0.05, 0) is 29.8 Å². The van der Waals surface area contributed by atoms with Crippen LogP contribution < -0.4 is 14.9 Å². The molecule has 0 saturated heterocycles. The fraction of sp³-hybridized carbons (Fsp3) is 0.0500. The van der Waals surface area contributed by atoms with E-state index in [9.17, 15) is 9.18 Å². The van der Waals surface area contributed by atoms with Crippen LogP contribution in [0.15, 0.2) is 73.2 Å². The van der Waals surface area contributed by atoms with Gasteiger partial charge in [-0.15, -0.1) is 0 Å². The van der Waals surface area contributed by atoms with Crippen molar-refractivity contribution in [1.82, 2.24) is 15.4 Å². The Balaban J connectivity index is 1.54. The summed E-state index contributed by atoms with van der Waals surface area (Å²) in [5, 5.41) is 0. The van der Waals surface area contributed by atoms with Crippen molar-refractivity contribution in [1.29, 1.82) is 0 Å². The van der Waals surface area contributed by atoms with E-state index in [4.69, 9.17) is 4.84 Å². The monoisotopic (exact) mass is 363 g/mol. The molecule has 4 rings (SSSR count). The van der Waals surface area contributed by atoms with E-state index in [2.05, 4.69) is 15.4 Å². The molecule has 27 heavy (non-hydrogen) atoms. The molecule has 0 fully saturated rings. The van der Waals surface area contributed by atoms with Gasteiger partial charge in [-0.25, -0.2) is 18.9 Å². The smallest absolute Gasteiger partial charge is 0.302 e. The first kappa shape index (κ1) is 16.7. The van der Waals surface area contributed by atoms with Gasteiger partial charge in [0.15, 0.2) is 16.8 Å². The lowest BCUT2D eigenvalue weighted by Gasteiger charge is -2.06. The molecule has 1 amide bonds. The number of benzene rings is 2. The van der Waals surface area contributed by atoms with Gasteiger partial charge in [0.1, 0.15) is 18.1 Å². The second-order valence-electron chi connectivity index (χ2n) is 5.96. The molecule has 2 aromatic carbocycles. The molecule has 6 nitrogen and oxygen atoms in total. The lowest BCUT2D eigenvalue weighted by Crippen LogP contribution is -2.33. The average Bonchev–Trinajstić information content (AvgIpc) is 3.11. The number of para-hydroxylation sites is 1. The molecule has 0 aliphatic rings. The zero-order valence-electron chi connectivity index (χ0n) is 14.2. The number of hydrogen-bond acceptors (Lipinski definition) is 3. The first-order valence-corrected chi connectivity index (χ1v) is 8.32. The maximum Gasteiger partial charge on any atom is 0.302 e. The Kier molecular flexibility index (Phi) is 4.49. The number of hydroxylamine groups is 1. The number of nitrogens with one attached hydrogen (secondary N) is 2. The number of aromatic nitrogens is 3. The zero-order valence-corrected chi connectivity index (χ0v) is 14.2. The van der Waals surface area contributed by atoms with E-state index in [0.29, 0.717) is 12.3 Å². The Labute approximate surface area is 154 Å². The third-order valence-corrected chi connectivity index (χ3v) is 4.07. The Morgan fingerprint density at radius 1 is 1.15 bits per heavy atom. The highest BCUT2D eigenvalue weighted by molar-refractivity contribution is 5.94. The van der Waals surface area contributed by atoms with Crippen LogP contribution in [0.4, 0.5) is 4.39 Å². The predicted molar refractivity (Wildman–Crippen MR) is 96.3 cm³/mol. The van der Waals surface area contributed by atoms with E-state index in [1.165, 1.54) is 12.1 Å². The number of rotatable bonds is 5. The third kappa shape index (κ3) is 3.77. The molecule has 4 aromatic rings. The van der Waals surface area contributed by atoms with E-state index in [0.717, 1.165) is 16.6 Å². The topological polar surface area (TPSA) is 70.9 Å². The highest BCUT2D eigenvalue weighted by atomic mass is 19.1. The van der Waals surface area contributed by atoms with Gasteiger partial charge in [0.05, 0.1) is 6.20 Å². The van der Waals surface area contributed by atoms with Crippen molar-refractivity contribution in [3.8, 4) is 5.75 Å². The van der Waals surface area contributed by atoms with Crippen LogP contribution in [0.25, 0.3) is 11.0 Å². The maximum absolute atomic E-state index is 13.1. The number of H-pyrrole nitrogens is 1. The van der Waals surface area contributed by atoms with Crippen molar-refractivity contribution in [3.63, 3.8) is 0 Å². The SMILES string of the molecule is O=C(NOc1ccccc1)c1cc2c(cn1)[nH]c[n+]2Cc1ccc(F)cc1. The maximum atomic E-state index is 13.1. The number of imidazole rings is 1. The fourth-order valence-electron chi connectivity index (χ4n) is 2.70. The van der Waals surface area contributed by atoms with Gasteiger partial charge in [0.2, 0.25) is 6.33 Å². The molecule has 0 radical (unpaired) electrons. The van der Waals surface area contributed by atoms with E-state index >= 15 is 0 Å². The minimum Gasteiger partial charge on any atom is -0.379 e. The first-order valence-electron chi connectivity index (χ1n) is 8.32. The largest absolute Gasteiger partial charge is 0.379 e. The molecule has 0 bridgehead atoms. The van der Waals surface area contributed by atoms with E-state index < -0.39 is 5.91 Å². The van der Waals surface area contributed by atoms with Crippen LogP contribution in [0.1, 0.15) is 16.1 Å². The average molecular weight is 363 g/mol. The Morgan fingerprint density at radius 3 is 2.70 bits per heavy atom. The van der Waals surface area contributed by atoms with Gasteiger partial charge in [-0.3, -0.25) is 4.79 Å². The van der Waals surface area contributed by atoms with Crippen LogP contribution in [0.5, 0.6) is 5.75 Å². The zero-order chi connectivity index (χ0) is 18.6. The lowest BCUT2D eigenvalue weighted by atomic mass is 10.2. The van der Waals surface area contributed by atoms with Gasteiger partial charge >= 0.3 is 5.91 Å². The summed E-state index contributed by atoms with van der Waals surface area (Å²) < 4.78 is 15.0. The summed E-state index contributed by atoms with van der Waals surface area (Å²) in [6.45, 7) is 0.534. The van der Waals surface area contributed by atoms with Crippen LogP contribution in [0.3, 0.4) is 0 Å². The number of pyridine rings is 1. The quantitative estimate of drug-likeness (QED) is 0.423. The molecule has 0 aliphatic heterocycles. The van der Waals surface area contributed by atoms with Crippen LogP contribution >= 0.6 is 0 Å². The molecule has 134 valence electrons. The summed E-state index contributed by atoms with van der Waals surface area (Å²) in [7, 11) is 0. The number of carbonyl (C=O) groups excluding carboxylic acids is 1. The van der Waals surface area contributed by atoms with Gasteiger partial charge < -0.3 is 4.84 Å². The Morgan fingerprint density at radius 2 is 1.93 bits per heavy atom. The molecule has 0 saturated carbocycles. The van der Waals surface area contributed by atoms with Crippen molar-refractivity contribution < 1.29 is 18.6 Å². The molecular weight excluding hydrogens is 347 g/mol. The Bertz CT molecular complexity index is 1080. The first-order chi connectivity index (χ1) is 13.2. The minimum absolute atomic E-state index is 0.228. The van der Waals surface area contributed by atoms with Crippen molar-refractivity contribution in [2.75, 3.05) is 0 Å². The highest BCUT2D eigenvalue weighted by Gasteiger charge is 2.16. The van der Waals surface area contributed by atoms with Crippen LogP contribution in [-0.2, 0) is 6.54 Å². The van der Waals surface area contributed by atoms with Crippen molar-refractivity contribution in [3.05, 3.63) is 90.3 Å². The molecule has 7 heteroatoms. The van der Waals surface area contributed by atoms with Crippen molar-refractivity contribution in [2.24, 2.45) is 0 Å². The van der Waals surface area contributed by atoms with Crippen molar-refractivity contribution in [2.45, 2.75) is 6.54 Å². The number of amides is 1. The van der Waals surface area contributed by atoms with Crippen LogP contribution in [-0.4, -0.2) is 15.9 Å². The van der Waals surface area contributed by atoms with Gasteiger partial charge in [0.25, 0.3) is 0 Å². The molecule has 0 atom stereocenters. The number of carbonyl (C=O) groups is 1. The number of aromatic amines is 1. The fourth-order valence-corrected chi connectivity index (χ4v) is 2.70. The van der Waals surface area contributed by atoms with E-state index in [1.54, 1.807) is 42.9 Å². The van der Waals surface area contributed by atoms with E-state index in [1.807, 2.05) is 22.8 Å². The van der Waals surface area contributed by atoms with Gasteiger partial charge in [-0.2, -0.15) is 5.48 Å². The molecule has 2 aromatic heterocycles. The number of nitrogens with zero attached hydrogens (tertiary/aromatic N) is 2. The van der Waals surface area contributed by atoms with Gasteiger partial charge in [0, 0.05) is 6.07 Å². The minimum atomic E-state index is -0.449. The van der Waals surface area contributed by atoms with Crippen LogP contribution in [0.2, 0.25) is 0 Å². The Hall–Kier alpha value is -3.74. The van der Waals surface area contributed by atoms with E-state index in [-0.39, 0.29) is 11.5 Å². The molecule has 2 N–H and O–H groups in total. The third-order valence-electron chi connectivity index (χ3n) is 4.07. The normalized spacial score (nSPS) is 10.7. The molecule has 0 aliphatic carbocycles. The predicted octanol–water partition coefficient (Wildman–Crippen LogP) is 2.76. The summed E-state index contributed by atoms with van der Waals surface area (Å²) in [5.74, 6) is -0.195. The summed E-state index contributed by atoms with van der Waals surface area (Å²) >= 11 is 0. The summed E-state index contributed by atoms with van der Waals surface area (Å²) in [4.78, 5) is 24.9. The molecular formula is C20H16FN4O2+. The number of fused-ring (bicyclic) bond motifs is 1. The summed E-state index contributed by atoms with van der Waals surface area (Å²) in [6, 6.07) is 16.9. The second-order valence-corrected chi connectivity index (χ2v) is 5.96. The lowest BCUT2D eigenvalue weighted by molar-refractivity contribution is -0.662. The molecule has 0 spiro atoms. The van der Waals surface area contributed by atoms with Crippen molar-refractivity contribution >= 4 is 16.9 Å². The highest BCUT2D eigenvalue weighted by Crippen LogP contribution is 2.11. The van der Waals surface area contributed by atoms with Crippen LogP contribution in [0, 0.1) is 5.82 Å². The van der Waals surface area contributed by atoms with Gasteiger partial charge in [-0.1, -0.05) is 30.3 Å². The molecule has 0 unspecified atom stereocenters. The standard InChI is InChI=1S/C20H15FN4O2/c21-15-8-6-14(7-9-15)12-25-13-23-18-11-22-17(10-19(18)25)20(26)24-27-16-4-2-1-3-5-16/h1-11,13H,12H2,(H,24,26)/p+1.